The maximum atomic E-state index is 11.7. The summed E-state index contributed by atoms with van der Waals surface area (Å²) in [4.78, 5) is 15.6. The SMILES string of the molecule is CNCCCC(=O)Nc1ccc(Oc2ccncc2)cc1.Cl.Cl. The highest BCUT2D eigenvalue weighted by Gasteiger charge is 2.02. The molecule has 1 aromatic carbocycles. The van der Waals surface area contributed by atoms with E-state index < -0.39 is 0 Å². The van der Waals surface area contributed by atoms with E-state index in [0.29, 0.717) is 6.42 Å². The predicted octanol–water partition coefficient (Wildman–Crippen LogP) is 3.66. The summed E-state index contributed by atoms with van der Waals surface area (Å²) < 4.78 is 5.66. The molecule has 0 aliphatic rings. The summed E-state index contributed by atoms with van der Waals surface area (Å²) in [7, 11) is 1.87. The highest BCUT2D eigenvalue weighted by molar-refractivity contribution is 5.90. The van der Waals surface area contributed by atoms with Gasteiger partial charge in [-0.1, -0.05) is 0 Å². The van der Waals surface area contributed by atoms with Crippen LogP contribution in [0.1, 0.15) is 12.8 Å². The number of carbonyl (C=O) groups is 1. The molecule has 1 heterocycles. The molecule has 0 atom stereocenters. The van der Waals surface area contributed by atoms with Crippen LogP contribution in [-0.2, 0) is 4.79 Å². The number of halogens is 2. The van der Waals surface area contributed by atoms with Crippen molar-refractivity contribution in [2.75, 3.05) is 18.9 Å². The molecule has 2 aromatic rings. The summed E-state index contributed by atoms with van der Waals surface area (Å²) >= 11 is 0. The maximum Gasteiger partial charge on any atom is 0.224 e. The molecule has 1 aromatic heterocycles. The van der Waals surface area contributed by atoms with Gasteiger partial charge in [-0.25, -0.2) is 0 Å². The van der Waals surface area contributed by atoms with Gasteiger partial charge in [0.25, 0.3) is 0 Å². The lowest BCUT2D eigenvalue weighted by Gasteiger charge is -2.08. The third-order valence-electron chi connectivity index (χ3n) is 2.85. The molecule has 0 saturated heterocycles. The third-order valence-corrected chi connectivity index (χ3v) is 2.85. The molecular weight excluding hydrogens is 337 g/mol. The fourth-order valence-corrected chi connectivity index (χ4v) is 1.80. The Bertz CT molecular complexity index is 565. The minimum Gasteiger partial charge on any atom is -0.457 e. The van der Waals surface area contributed by atoms with Crippen LogP contribution in [0, 0.1) is 0 Å². The van der Waals surface area contributed by atoms with Gasteiger partial charge in [0.2, 0.25) is 5.91 Å². The number of pyridine rings is 1. The van der Waals surface area contributed by atoms with Crippen LogP contribution >= 0.6 is 24.8 Å². The van der Waals surface area contributed by atoms with Gasteiger partial charge in [0.1, 0.15) is 11.5 Å². The monoisotopic (exact) mass is 357 g/mol. The van der Waals surface area contributed by atoms with Crippen molar-refractivity contribution in [2.24, 2.45) is 0 Å². The third kappa shape index (κ3) is 7.83. The molecular formula is C16H21Cl2N3O2. The Morgan fingerprint density at radius 3 is 2.26 bits per heavy atom. The van der Waals surface area contributed by atoms with E-state index in [1.165, 1.54) is 0 Å². The largest absolute Gasteiger partial charge is 0.457 e. The minimum atomic E-state index is 0. The fraction of sp³-hybridized carbons (Fsp3) is 0.250. The van der Waals surface area contributed by atoms with E-state index in [2.05, 4.69) is 15.6 Å². The van der Waals surface area contributed by atoms with Crippen molar-refractivity contribution in [3.05, 3.63) is 48.8 Å². The van der Waals surface area contributed by atoms with Gasteiger partial charge in [-0.3, -0.25) is 9.78 Å². The summed E-state index contributed by atoms with van der Waals surface area (Å²) in [6.07, 6.45) is 4.69. The second kappa shape index (κ2) is 11.7. The highest BCUT2D eigenvalue weighted by atomic mass is 35.5. The van der Waals surface area contributed by atoms with Crippen molar-refractivity contribution in [2.45, 2.75) is 12.8 Å². The molecule has 7 heteroatoms. The molecule has 23 heavy (non-hydrogen) atoms. The fourth-order valence-electron chi connectivity index (χ4n) is 1.80. The summed E-state index contributed by atoms with van der Waals surface area (Å²) in [5, 5.41) is 5.88. The van der Waals surface area contributed by atoms with E-state index in [0.717, 1.165) is 30.2 Å². The zero-order valence-corrected chi connectivity index (χ0v) is 14.5. The zero-order chi connectivity index (χ0) is 14.9. The molecule has 5 nitrogen and oxygen atoms in total. The van der Waals surface area contributed by atoms with E-state index in [9.17, 15) is 4.79 Å². The Morgan fingerprint density at radius 1 is 1.04 bits per heavy atom. The molecule has 0 bridgehead atoms. The van der Waals surface area contributed by atoms with Crippen LogP contribution in [0.5, 0.6) is 11.5 Å². The van der Waals surface area contributed by atoms with Crippen molar-refractivity contribution in [3.8, 4) is 11.5 Å². The number of ether oxygens (including phenoxy) is 1. The molecule has 0 spiro atoms. The van der Waals surface area contributed by atoms with Gasteiger partial charge in [0.15, 0.2) is 0 Å². The molecule has 126 valence electrons. The average Bonchev–Trinajstić information content (AvgIpc) is 2.51. The molecule has 0 aliphatic carbocycles. The number of anilines is 1. The molecule has 2 rings (SSSR count). The van der Waals surface area contributed by atoms with Crippen LogP contribution in [0.15, 0.2) is 48.8 Å². The number of amides is 1. The summed E-state index contributed by atoms with van der Waals surface area (Å²) in [5.74, 6) is 1.47. The van der Waals surface area contributed by atoms with Crippen molar-refractivity contribution in [1.29, 1.82) is 0 Å². The van der Waals surface area contributed by atoms with Crippen molar-refractivity contribution >= 4 is 36.4 Å². The molecule has 0 saturated carbocycles. The Hall–Kier alpha value is -1.82. The van der Waals surface area contributed by atoms with Gasteiger partial charge in [0.05, 0.1) is 0 Å². The number of nitrogens with zero attached hydrogens (tertiary/aromatic N) is 1. The first-order valence-electron chi connectivity index (χ1n) is 6.90. The summed E-state index contributed by atoms with van der Waals surface area (Å²) in [5.41, 5.74) is 0.770. The Labute approximate surface area is 148 Å². The van der Waals surface area contributed by atoms with Crippen LogP contribution in [0.4, 0.5) is 5.69 Å². The molecule has 2 N–H and O–H groups in total. The number of hydrogen-bond acceptors (Lipinski definition) is 4. The normalized spacial score (nSPS) is 9.26. The lowest BCUT2D eigenvalue weighted by Crippen LogP contribution is -2.15. The number of rotatable bonds is 7. The number of aromatic nitrogens is 1. The summed E-state index contributed by atoms with van der Waals surface area (Å²) in [6.45, 7) is 0.839. The molecule has 1 amide bonds. The van der Waals surface area contributed by atoms with Crippen molar-refractivity contribution < 1.29 is 9.53 Å². The average molecular weight is 358 g/mol. The quantitative estimate of drug-likeness (QED) is 0.742. The van der Waals surface area contributed by atoms with E-state index in [1.54, 1.807) is 24.5 Å². The van der Waals surface area contributed by atoms with Crippen LogP contribution in [0.25, 0.3) is 0 Å². The predicted molar refractivity (Wildman–Crippen MR) is 97.0 cm³/mol. The number of carbonyl (C=O) groups excluding carboxylic acids is 1. The Morgan fingerprint density at radius 2 is 1.65 bits per heavy atom. The van der Waals surface area contributed by atoms with Gasteiger partial charge in [-0.15, -0.1) is 24.8 Å². The first kappa shape index (κ1) is 21.2. The lowest BCUT2D eigenvalue weighted by atomic mass is 10.2. The van der Waals surface area contributed by atoms with Gasteiger partial charge < -0.3 is 15.4 Å². The second-order valence-corrected chi connectivity index (χ2v) is 4.56. The molecule has 0 unspecified atom stereocenters. The topological polar surface area (TPSA) is 63.2 Å². The van der Waals surface area contributed by atoms with Gasteiger partial charge in [0, 0.05) is 24.5 Å². The van der Waals surface area contributed by atoms with Gasteiger partial charge in [-0.2, -0.15) is 0 Å². The van der Waals surface area contributed by atoms with E-state index in [1.807, 2.05) is 31.3 Å². The standard InChI is InChI=1S/C16H19N3O2.2ClH/c1-17-10-2-3-16(20)19-13-4-6-14(7-5-13)21-15-8-11-18-12-9-15;;/h4-9,11-12,17H,2-3,10H2,1H3,(H,19,20);2*1H. The van der Waals surface area contributed by atoms with Crippen LogP contribution in [0.2, 0.25) is 0 Å². The van der Waals surface area contributed by atoms with E-state index >= 15 is 0 Å². The first-order chi connectivity index (χ1) is 10.3. The molecule has 0 aliphatic heterocycles. The van der Waals surface area contributed by atoms with Crippen LogP contribution in [-0.4, -0.2) is 24.5 Å². The first-order valence-corrected chi connectivity index (χ1v) is 6.90. The molecule has 0 fully saturated rings. The number of hydrogen-bond donors (Lipinski definition) is 2. The minimum absolute atomic E-state index is 0. The van der Waals surface area contributed by atoms with E-state index in [4.69, 9.17) is 4.74 Å². The number of benzene rings is 1. The van der Waals surface area contributed by atoms with Gasteiger partial charge in [-0.05, 0) is 56.4 Å². The summed E-state index contributed by atoms with van der Waals surface area (Å²) in [6, 6.07) is 10.9. The van der Waals surface area contributed by atoms with Crippen molar-refractivity contribution in [3.63, 3.8) is 0 Å². The smallest absolute Gasteiger partial charge is 0.224 e. The Balaban J connectivity index is 0.00000242. The number of nitrogens with one attached hydrogen (secondary N) is 2. The van der Waals surface area contributed by atoms with E-state index in [-0.39, 0.29) is 30.7 Å². The Kier molecular flexibility index (Phi) is 10.8. The van der Waals surface area contributed by atoms with Crippen molar-refractivity contribution in [1.82, 2.24) is 10.3 Å². The maximum absolute atomic E-state index is 11.7. The van der Waals surface area contributed by atoms with Crippen LogP contribution < -0.4 is 15.4 Å². The van der Waals surface area contributed by atoms with Crippen LogP contribution in [0.3, 0.4) is 0 Å². The van der Waals surface area contributed by atoms with Gasteiger partial charge >= 0.3 is 0 Å². The molecule has 0 radical (unpaired) electrons. The highest BCUT2D eigenvalue weighted by Crippen LogP contribution is 2.22. The second-order valence-electron chi connectivity index (χ2n) is 4.56. The lowest BCUT2D eigenvalue weighted by molar-refractivity contribution is -0.116. The zero-order valence-electron chi connectivity index (χ0n) is 12.8.